The first-order valence-corrected chi connectivity index (χ1v) is 5.64. The Kier molecular flexibility index (Phi) is 2.62. The number of aromatic nitrogens is 4. The third-order valence-corrected chi connectivity index (χ3v) is 2.78. The van der Waals surface area contributed by atoms with Gasteiger partial charge in [0, 0.05) is 6.20 Å². The molecule has 0 atom stereocenters. The number of benzene rings is 1. The van der Waals surface area contributed by atoms with Crippen LogP contribution in [0, 0.1) is 11.3 Å². The zero-order valence-electron chi connectivity index (χ0n) is 10.1. The van der Waals surface area contributed by atoms with Crippen molar-refractivity contribution in [3.8, 4) is 11.8 Å². The summed E-state index contributed by atoms with van der Waals surface area (Å²) in [6.07, 6.45) is 1.26. The second kappa shape index (κ2) is 4.44. The molecular formula is C13H7N5O2. The zero-order chi connectivity index (χ0) is 14.1. The second-order valence-corrected chi connectivity index (χ2v) is 4.03. The normalized spacial score (nSPS) is 10.3. The summed E-state index contributed by atoms with van der Waals surface area (Å²) in [5, 5.41) is 25.5. The standard InChI is InChI=1S/C13H7N5O2/c14-6-8-1-3-10(4-2-8)18-12-11(16-17-18)5-9(7-15-12)13(19)20/h1-5,7H,(H,19,20). The molecule has 0 bridgehead atoms. The first-order chi connectivity index (χ1) is 9.69. The number of nitrogens with zero attached hydrogens (tertiary/aromatic N) is 5. The highest BCUT2D eigenvalue weighted by molar-refractivity contribution is 5.90. The molecule has 20 heavy (non-hydrogen) atoms. The van der Waals surface area contributed by atoms with Crippen molar-refractivity contribution in [1.29, 1.82) is 5.26 Å². The molecule has 3 aromatic rings. The van der Waals surface area contributed by atoms with Crippen LogP contribution in [0.3, 0.4) is 0 Å². The van der Waals surface area contributed by atoms with Gasteiger partial charge in [0.2, 0.25) is 0 Å². The molecule has 3 rings (SSSR count). The van der Waals surface area contributed by atoms with Crippen LogP contribution in [0.2, 0.25) is 0 Å². The maximum absolute atomic E-state index is 10.9. The highest BCUT2D eigenvalue weighted by Gasteiger charge is 2.11. The topological polar surface area (TPSA) is 105 Å². The second-order valence-electron chi connectivity index (χ2n) is 4.03. The Morgan fingerprint density at radius 2 is 2.05 bits per heavy atom. The average Bonchev–Trinajstić information content (AvgIpc) is 2.90. The molecule has 7 nitrogen and oxygen atoms in total. The number of pyridine rings is 1. The Morgan fingerprint density at radius 1 is 1.30 bits per heavy atom. The summed E-state index contributed by atoms with van der Waals surface area (Å²) in [6, 6.07) is 10.2. The molecule has 0 amide bonds. The molecule has 2 heterocycles. The maximum Gasteiger partial charge on any atom is 0.337 e. The van der Waals surface area contributed by atoms with Gasteiger partial charge in [0.1, 0.15) is 5.52 Å². The molecule has 1 aromatic carbocycles. The minimum absolute atomic E-state index is 0.0596. The fourth-order valence-electron chi connectivity index (χ4n) is 1.79. The van der Waals surface area contributed by atoms with Crippen LogP contribution < -0.4 is 0 Å². The number of aromatic carboxylic acids is 1. The molecule has 96 valence electrons. The predicted molar refractivity (Wildman–Crippen MR) is 68.3 cm³/mol. The SMILES string of the molecule is N#Cc1ccc(-n2nnc3cc(C(=O)O)cnc32)cc1. The summed E-state index contributed by atoms with van der Waals surface area (Å²) >= 11 is 0. The van der Waals surface area contributed by atoms with E-state index in [1.807, 2.05) is 6.07 Å². The van der Waals surface area contributed by atoms with Gasteiger partial charge in [0.15, 0.2) is 5.65 Å². The number of hydrogen-bond acceptors (Lipinski definition) is 5. The lowest BCUT2D eigenvalue weighted by Gasteiger charge is -2.01. The van der Waals surface area contributed by atoms with Gasteiger partial charge >= 0.3 is 5.97 Å². The smallest absolute Gasteiger partial charge is 0.337 e. The largest absolute Gasteiger partial charge is 0.478 e. The highest BCUT2D eigenvalue weighted by Crippen LogP contribution is 2.15. The van der Waals surface area contributed by atoms with Crippen molar-refractivity contribution in [2.45, 2.75) is 0 Å². The van der Waals surface area contributed by atoms with Crippen LogP contribution in [-0.4, -0.2) is 31.1 Å². The van der Waals surface area contributed by atoms with E-state index < -0.39 is 5.97 Å². The zero-order valence-corrected chi connectivity index (χ0v) is 10.1. The van der Waals surface area contributed by atoms with Crippen molar-refractivity contribution in [3.05, 3.63) is 47.7 Å². The van der Waals surface area contributed by atoms with Gasteiger partial charge in [-0.2, -0.15) is 9.94 Å². The lowest BCUT2D eigenvalue weighted by Crippen LogP contribution is -2.00. The molecule has 0 fully saturated rings. The number of carbonyl (C=O) groups is 1. The molecule has 0 unspecified atom stereocenters. The minimum Gasteiger partial charge on any atom is -0.478 e. The van der Waals surface area contributed by atoms with Crippen LogP contribution in [0.1, 0.15) is 15.9 Å². The molecular weight excluding hydrogens is 258 g/mol. The van der Waals surface area contributed by atoms with E-state index in [1.54, 1.807) is 24.3 Å². The Hall–Kier alpha value is -3.27. The van der Waals surface area contributed by atoms with Crippen LogP contribution in [0.5, 0.6) is 0 Å². The summed E-state index contributed by atoms with van der Waals surface area (Å²) in [4.78, 5) is 14.9. The van der Waals surface area contributed by atoms with E-state index in [0.29, 0.717) is 22.4 Å². The fourth-order valence-corrected chi connectivity index (χ4v) is 1.79. The van der Waals surface area contributed by atoms with Crippen LogP contribution in [0.25, 0.3) is 16.9 Å². The van der Waals surface area contributed by atoms with Gasteiger partial charge in [0.05, 0.1) is 22.9 Å². The molecule has 0 radical (unpaired) electrons. The lowest BCUT2D eigenvalue weighted by molar-refractivity contribution is 0.0696. The third kappa shape index (κ3) is 1.85. The van der Waals surface area contributed by atoms with Gasteiger partial charge in [0.25, 0.3) is 0 Å². The monoisotopic (exact) mass is 265 g/mol. The van der Waals surface area contributed by atoms with Crippen LogP contribution in [0.4, 0.5) is 0 Å². The van der Waals surface area contributed by atoms with Crippen molar-refractivity contribution < 1.29 is 9.90 Å². The maximum atomic E-state index is 10.9. The lowest BCUT2D eigenvalue weighted by atomic mass is 10.2. The van der Waals surface area contributed by atoms with E-state index >= 15 is 0 Å². The van der Waals surface area contributed by atoms with E-state index in [-0.39, 0.29) is 5.56 Å². The highest BCUT2D eigenvalue weighted by atomic mass is 16.4. The summed E-state index contributed by atoms with van der Waals surface area (Å²) in [7, 11) is 0. The fraction of sp³-hybridized carbons (Fsp3) is 0. The Bertz CT molecular complexity index is 845. The van der Waals surface area contributed by atoms with E-state index in [2.05, 4.69) is 15.3 Å². The number of fused-ring (bicyclic) bond motifs is 1. The number of hydrogen-bond donors (Lipinski definition) is 1. The van der Waals surface area contributed by atoms with Crippen LogP contribution >= 0.6 is 0 Å². The van der Waals surface area contributed by atoms with Crippen molar-refractivity contribution in [2.75, 3.05) is 0 Å². The first-order valence-electron chi connectivity index (χ1n) is 5.64. The Morgan fingerprint density at radius 3 is 2.70 bits per heavy atom. The third-order valence-electron chi connectivity index (χ3n) is 2.78. The average molecular weight is 265 g/mol. The van der Waals surface area contributed by atoms with Crippen molar-refractivity contribution in [2.24, 2.45) is 0 Å². The van der Waals surface area contributed by atoms with Gasteiger partial charge < -0.3 is 5.11 Å². The molecule has 0 spiro atoms. The molecule has 2 aromatic heterocycles. The molecule has 0 aliphatic rings. The molecule has 0 saturated carbocycles. The van der Waals surface area contributed by atoms with Gasteiger partial charge in [-0.25, -0.2) is 9.78 Å². The summed E-state index contributed by atoms with van der Waals surface area (Å²) in [5.41, 5.74) is 2.15. The van der Waals surface area contributed by atoms with Crippen molar-refractivity contribution in [3.63, 3.8) is 0 Å². The number of nitriles is 1. The van der Waals surface area contributed by atoms with E-state index in [4.69, 9.17) is 10.4 Å². The van der Waals surface area contributed by atoms with Crippen molar-refractivity contribution in [1.82, 2.24) is 20.0 Å². The molecule has 7 heteroatoms. The van der Waals surface area contributed by atoms with E-state index in [1.165, 1.54) is 16.9 Å². The molecule has 1 N–H and O–H groups in total. The predicted octanol–water partition coefficient (Wildman–Crippen LogP) is 1.39. The Balaban J connectivity index is 2.12. The van der Waals surface area contributed by atoms with Gasteiger partial charge in [-0.1, -0.05) is 5.21 Å². The minimum atomic E-state index is -1.06. The summed E-state index contributed by atoms with van der Waals surface area (Å²) in [6.45, 7) is 0. The van der Waals surface area contributed by atoms with Crippen LogP contribution in [-0.2, 0) is 0 Å². The van der Waals surface area contributed by atoms with Gasteiger partial charge in [-0.3, -0.25) is 0 Å². The van der Waals surface area contributed by atoms with Gasteiger partial charge in [-0.05, 0) is 30.3 Å². The number of carboxylic acid groups (broad SMARTS) is 1. The number of carboxylic acids is 1. The quantitative estimate of drug-likeness (QED) is 0.750. The van der Waals surface area contributed by atoms with Crippen molar-refractivity contribution >= 4 is 17.1 Å². The molecule has 0 saturated heterocycles. The van der Waals surface area contributed by atoms with E-state index in [9.17, 15) is 4.79 Å². The molecule has 0 aliphatic carbocycles. The summed E-state index contributed by atoms with van der Waals surface area (Å²) < 4.78 is 1.49. The summed E-state index contributed by atoms with van der Waals surface area (Å²) in [5.74, 6) is -1.06. The van der Waals surface area contributed by atoms with Crippen LogP contribution in [0.15, 0.2) is 36.5 Å². The van der Waals surface area contributed by atoms with Gasteiger partial charge in [-0.15, -0.1) is 5.10 Å². The number of rotatable bonds is 2. The van der Waals surface area contributed by atoms with E-state index in [0.717, 1.165) is 0 Å². The Labute approximate surface area is 112 Å². The molecule has 0 aliphatic heterocycles. The first kappa shape index (κ1) is 11.8.